The van der Waals surface area contributed by atoms with E-state index in [-0.39, 0.29) is 12.5 Å². The maximum Gasteiger partial charge on any atom is 0.321 e. The van der Waals surface area contributed by atoms with Crippen LogP contribution >= 0.6 is 11.8 Å². The van der Waals surface area contributed by atoms with Crippen LogP contribution < -0.4 is 16.0 Å². The Balaban J connectivity index is 2.15. The van der Waals surface area contributed by atoms with Gasteiger partial charge < -0.3 is 10.6 Å². The molecule has 0 radical (unpaired) electrons. The van der Waals surface area contributed by atoms with Gasteiger partial charge in [-0.05, 0) is 31.0 Å². The topological polar surface area (TPSA) is 90.5 Å². The monoisotopic (exact) mass is 400 g/mol. The van der Waals surface area contributed by atoms with Crippen molar-refractivity contribution in [2.75, 3.05) is 32.2 Å². The number of benzene rings is 2. The molecule has 0 fully saturated rings. The first-order valence-corrected chi connectivity index (χ1v) is 9.89. The lowest BCUT2D eigenvalue weighted by Crippen LogP contribution is -2.46. The Morgan fingerprint density at radius 3 is 2.32 bits per heavy atom. The summed E-state index contributed by atoms with van der Waals surface area (Å²) in [7, 11) is 3.10. The van der Waals surface area contributed by atoms with Crippen molar-refractivity contribution < 1.29 is 14.4 Å². The van der Waals surface area contributed by atoms with Crippen molar-refractivity contribution in [3.05, 3.63) is 60.2 Å². The van der Waals surface area contributed by atoms with Gasteiger partial charge in [0.2, 0.25) is 11.8 Å². The lowest BCUT2D eigenvalue weighted by molar-refractivity contribution is -0.126. The zero-order valence-electron chi connectivity index (χ0n) is 16.1. The minimum Gasteiger partial charge on any atom is -0.341 e. The molecule has 0 saturated heterocycles. The van der Waals surface area contributed by atoms with Crippen LogP contribution in [0.1, 0.15) is 11.6 Å². The standard InChI is InChI=1S/C20H24N4O3S/c1-21-20(27)23-19(26)18(14-9-5-4-6-10-14)24(2)13-17(25)22-15-11-7-8-12-16(15)28-3/h4-12,18H,13H2,1-3H3,(H,22,25)(H2,21,23,26,27)/t18-/m0/s1. The van der Waals surface area contributed by atoms with Crippen molar-refractivity contribution in [1.82, 2.24) is 15.5 Å². The summed E-state index contributed by atoms with van der Waals surface area (Å²) in [6.07, 6.45) is 1.94. The maximum absolute atomic E-state index is 12.6. The number of anilines is 1. The highest BCUT2D eigenvalue weighted by atomic mass is 32.2. The molecule has 3 N–H and O–H groups in total. The van der Waals surface area contributed by atoms with Crippen molar-refractivity contribution in [1.29, 1.82) is 0 Å². The lowest BCUT2D eigenvalue weighted by atomic mass is 10.0. The van der Waals surface area contributed by atoms with Gasteiger partial charge in [0.05, 0.1) is 12.2 Å². The number of amides is 4. The molecule has 2 aromatic rings. The molecule has 1 atom stereocenters. The summed E-state index contributed by atoms with van der Waals surface area (Å²) >= 11 is 1.54. The number of carbonyl (C=O) groups excluding carboxylic acids is 3. The first-order valence-electron chi connectivity index (χ1n) is 8.67. The fourth-order valence-electron chi connectivity index (χ4n) is 2.74. The second kappa shape index (κ2) is 10.5. The molecule has 0 saturated carbocycles. The molecule has 0 unspecified atom stereocenters. The number of likely N-dealkylation sites (N-methyl/N-ethyl adjacent to an activating group) is 1. The predicted octanol–water partition coefficient (Wildman–Crippen LogP) is 2.48. The van der Waals surface area contributed by atoms with E-state index in [2.05, 4.69) is 16.0 Å². The van der Waals surface area contributed by atoms with Crippen molar-refractivity contribution in [3.8, 4) is 0 Å². The molecule has 0 spiro atoms. The molecule has 2 rings (SSSR count). The molecule has 0 aromatic heterocycles. The Bertz CT molecular complexity index is 829. The number of hydrogen-bond donors (Lipinski definition) is 3. The quantitative estimate of drug-likeness (QED) is 0.621. The van der Waals surface area contributed by atoms with Crippen LogP contribution in [-0.2, 0) is 9.59 Å². The third-order valence-corrected chi connectivity index (χ3v) is 4.84. The molecule has 28 heavy (non-hydrogen) atoms. The van der Waals surface area contributed by atoms with E-state index in [0.29, 0.717) is 5.56 Å². The Kier molecular flexibility index (Phi) is 8.03. The van der Waals surface area contributed by atoms with Gasteiger partial charge >= 0.3 is 6.03 Å². The van der Waals surface area contributed by atoms with Gasteiger partial charge in [0.1, 0.15) is 6.04 Å². The Hall–Kier alpha value is -2.84. The average molecular weight is 401 g/mol. The van der Waals surface area contributed by atoms with Crippen molar-refractivity contribution >= 4 is 35.3 Å². The minimum atomic E-state index is -0.792. The summed E-state index contributed by atoms with van der Waals surface area (Å²) in [6.45, 7) is -0.0244. The van der Waals surface area contributed by atoms with E-state index in [1.54, 1.807) is 36.2 Å². The van der Waals surface area contributed by atoms with Crippen LogP contribution in [0.4, 0.5) is 10.5 Å². The maximum atomic E-state index is 12.6. The number of para-hydroxylation sites is 1. The van der Waals surface area contributed by atoms with E-state index >= 15 is 0 Å². The first-order chi connectivity index (χ1) is 13.5. The highest BCUT2D eigenvalue weighted by Crippen LogP contribution is 2.25. The second-order valence-electron chi connectivity index (χ2n) is 6.05. The van der Waals surface area contributed by atoms with E-state index in [1.165, 1.54) is 18.8 Å². The number of imide groups is 1. The van der Waals surface area contributed by atoms with Crippen LogP contribution in [0.15, 0.2) is 59.5 Å². The highest BCUT2D eigenvalue weighted by Gasteiger charge is 2.27. The summed E-state index contributed by atoms with van der Waals surface area (Å²) in [5.41, 5.74) is 1.41. The van der Waals surface area contributed by atoms with Crippen LogP contribution in [0.3, 0.4) is 0 Å². The third-order valence-electron chi connectivity index (χ3n) is 4.04. The summed E-state index contributed by atoms with van der Waals surface area (Å²) < 4.78 is 0. The number of hydrogen-bond acceptors (Lipinski definition) is 5. The zero-order valence-corrected chi connectivity index (χ0v) is 16.9. The molecule has 0 aliphatic heterocycles. The molecular weight excluding hydrogens is 376 g/mol. The molecule has 0 heterocycles. The predicted molar refractivity (Wildman–Crippen MR) is 111 cm³/mol. The van der Waals surface area contributed by atoms with E-state index in [9.17, 15) is 14.4 Å². The Labute approximate surface area is 168 Å². The third kappa shape index (κ3) is 5.83. The summed E-state index contributed by atoms with van der Waals surface area (Å²) in [4.78, 5) is 39.3. The molecule has 2 aromatic carbocycles. The van der Waals surface area contributed by atoms with E-state index < -0.39 is 18.0 Å². The van der Waals surface area contributed by atoms with Gasteiger partial charge in [0, 0.05) is 11.9 Å². The first kappa shape index (κ1) is 21.5. The average Bonchev–Trinajstić information content (AvgIpc) is 2.69. The SMILES string of the molecule is CNC(=O)NC(=O)[C@H](c1ccccc1)N(C)CC(=O)Nc1ccccc1SC. The van der Waals surface area contributed by atoms with Gasteiger partial charge in [0.25, 0.3) is 0 Å². The summed E-state index contributed by atoms with van der Waals surface area (Å²) in [5, 5.41) is 7.52. The summed E-state index contributed by atoms with van der Waals surface area (Å²) in [5.74, 6) is -0.761. The van der Waals surface area contributed by atoms with Crippen molar-refractivity contribution in [2.24, 2.45) is 0 Å². The Morgan fingerprint density at radius 1 is 1.04 bits per heavy atom. The molecule has 148 valence electrons. The normalized spacial score (nSPS) is 11.6. The van der Waals surface area contributed by atoms with E-state index in [1.807, 2.05) is 36.6 Å². The van der Waals surface area contributed by atoms with E-state index in [0.717, 1.165) is 10.6 Å². The number of urea groups is 1. The number of nitrogens with one attached hydrogen (secondary N) is 3. The molecule has 0 bridgehead atoms. The second-order valence-corrected chi connectivity index (χ2v) is 6.89. The number of nitrogens with zero attached hydrogens (tertiary/aromatic N) is 1. The van der Waals surface area contributed by atoms with Gasteiger partial charge in [0.15, 0.2) is 0 Å². The molecule has 8 heteroatoms. The van der Waals surface area contributed by atoms with Crippen LogP contribution in [-0.4, -0.2) is 49.6 Å². The highest BCUT2D eigenvalue weighted by molar-refractivity contribution is 7.98. The van der Waals surface area contributed by atoms with Gasteiger partial charge in [-0.1, -0.05) is 42.5 Å². The molecule has 4 amide bonds. The largest absolute Gasteiger partial charge is 0.341 e. The molecule has 0 aliphatic carbocycles. The zero-order chi connectivity index (χ0) is 20.5. The van der Waals surface area contributed by atoms with E-state index in [4.69, 9.17) is 0 Å². The fourth-order valence-corrected chi connectivity index (χ4v) is 3.29. The van der Waals surface area contributed by atoms with Crippen LogP contribution in [0, 0.1) is 0 Å². The minimum absolute atomic E-state index is 0.0244. The fraction of sp³-hybridized carbons (Fsp3) is 0.250. The molecule has 7 nitrogen and oxygen atoms in total. The van der Waals surface area contributed by atoms with Crippen molar-refractivity contribution in [2.45, 2.75) is 10.9 Å². The van der Waals surface area contributed by atoms with Crippen molar-refractivity contribution in [3.63, 3.8) is 0 Å². The van der Waals surface area contributed by atoms with Crippen LogP contribution in [0.25, 0.3) is 0 Å². The van der Waals surface area contributed by atoms with Gasteiger partial charge in [-0.15, -0.1) is 11.8 Å². The number of carbonyl (C=O) groups is 3. The smallest absolute Gasteiger partial charge is 0.321 e. The summed E-state index contributed by atoms with van der Waals surface area (Å²) in [6, 6.07) is 15.1. The molecular formula is C20H24N4O3S. The van der Waals surface area contributed by atoms with Gasteiger partial charge in [-0.2, -0.15) is 0 Å². The number of thioether (sulfide) groups is 1. The van der Waals surface area contributed by atoms with Crippen LogP contribution in [0.5, 0.6) is 0 Å². The lowest BCUT2D eigenvalue weighted by Gasteiger charge is -2.26. The van der Waals surface area contributed by atoms with Crippen LogP contribution in [0.2, 0.25) is 0 Å². The molecule has 0 aliphatic rings. The number of rotatable bonds is 7. The van der Waals surface area contributed by atoms with Gasteiger partial charge in [-0.25, -0.2) is 4.79 Å². The Morgan fingerprint density at radius 2 is 1.68 bits per heavy atom. The van der Waals surface area contributed by atoms with Gasteiger partial charge in [-0.3, -0.25) is 19.8 Å².